The van der Waals surface area contributed by atoms with Crippen LogP contribution in [0.25, 0.3) is 5.73 Å². The second kappa shape index (κ2) is 21.1. The van der Waals surface area contributed by atoms with Gasteiger partial charge in [0, 0.05) is 9.52 Å². The van der Waals surface area contributed by atoms with Crippen LogP contribution in [0.4, 0.5) is 0 Å². The van der Waals surface area contributed by atoms with Crippen molar-refractivity contribution in [2.24, 2.45) is 0 Å². The molecule has 0 spiro atoms. The zero-order valence-corrected chi connectivity index (χ0v) is 17.8. The molecule has 1 aliphatic rings. The van der Waals surface area contributed by atoms with Gasteiger partial charge in [0.05, 0.1) is 5.91 Å². The number of carbonyl (C=O) groups excluding carboxylic acids is 1. The number of rotatable bonds is 1. The fraction of sp³-hybridized carbons (Fsp3) is 0.214. The maximum absolute atomic E-state index is 10.3. The van der Waals surface area contributed by atoms with Gasteiger partial charge in [0.2, 0.25) is 0 Å². The fourth-order valence-electron chi connectivity index (χ4n) is 0.930. The van der Waals surface area contributed by atoms with Crippen LogP contribution in [0.5, 0.6) is 0 Å². The van der Waals surface area contributed by atoms with E-state index in [9.17, 15) is 4.79 Å². The minimum absolute atomic E-state index is 0. The Hall–Kier alpha value is -0.163. The summed E-state index contributed by atoms with van der Waals surface area (Å²) < 4.78 is 0. The molecular formula is C14H18Cl2HfNOSi. The van der Waals surface area contributed by atoms with Gasteiger partial charge in [-0.15, -0.1) is 6.42 Å². The zero-order valence-electron chi connectivity index (χ0n) is 11.6. The first-order valence-electron chi connectivity index (χ1n) is 5.49. The van der Waals surface area contributed by atoms with Crippen LogP contribution in [0.2, 0.25) is 13.1 Å². The Morgan fingerprint density at radius 1 is 1.20 bits per heavy atom. The van der Waals surface area contributed by atoms with E-state index in [0.29, 0.717) is 5.56 Å². The van der Waals surface area contributed by atoms with E-state index in [1.807, 2.05) is 18.2 Å². The molecule has 0 heterocycles. The number of hydrogen-bond donors (Lipinski definition) is 0. The molecule has 0 fully saturated rings. The van der Waals surface area contributed by atoms with E-state index in [-0.39, 0.29) is 50.7 Å². The smallest absolute Gasteiger partial charge is 1.00 e. The third-order valence-electron chi connectivity index (χ3n) is 1.62. The Kier molecular flexibility index (Phi) is 29.7. The van der Waals surface area contributed by atoms with E-state index >= 15 is 0 Å². The van der Waals surface area contributed by atoms with Crippen molar-refractivity contribution in [1.82, 2.24) is 0 Å². The average molecular weight is 494 g/mol. The van der Waals surface area contributed by atoms with Crippen LogP contribution in [0.3, 0.4) is 0 Å². The van der Waals surface area contributed by atoms with Crippen molar-refractivity contribution in [3.63, 3.8) is 0 Å². The Balaban J connectivity index is -0.000000102. The molecule has 1 aliphatic carbocycles. The minimum atomic E-state index is -0.629. The van der Waals surface area contributed by atoms with Crippen molar-refractivity contribution in [2.45, 2.75) is 19.5 Å². The maximum Gasteiger partial charge on any atom is 4.00 e. The van der Waals surface area contributed by atoms with E-state index in [2.05, 4.69) is 25.2 Å². The van der Waals surface area contributed by atoms with Crippen LogP contribution in [0, 0.1) is 6.08 Å². The van der Waals surface area contributed by atoms with Gasteiger partial charge in [-0.2, -0.15) is 6.08 Å². The van der Waals surface area contributed by atoms with Gasteiger partial charge < -0.3 is 35.3 Å². The Labute approximate surface area is 155 Å². The summed E-state index contributed by atoms with van der Waals surface area (Å²) in [6.07, 6.45) is 10.0. The van der Waals surface area contributed by atoms with Crippen molar-refractivity contribution in [3.8, 4) is 0 Å². The number of allylic oxidation sites excluding steroid dienone is 4. The molecular weight excluding hydrogens is 476 g/mol. The van der Waals surface area contributed by atoms with E-state index in [4.69, 9.17) is 5.73 Å². The first-order chi connectivity index (χ1) is 8.22. The van der Waals surface area contributed by atoms with Crippen molar-refractivity contribution in [2.75, 3.05) is 0 Å². The van der Waals surface area contributed by atoms with Gasteiger partial charge in [-0.3, -0.25) is 6.08 Å². The summed E-state index contributed by atoms with van der Waals surface area (Å²) in [7, 11) is 0.750. The van der Waals surface area contributed by atoms with Gasteiger partial charge in [-0.1, -0.05) is 43.4 Å². The largest absolute Gasteiger partial charge is 4.00 e. The quantitative estimate of drug-likeness (QED) is 0.321. The van der Waals surface area contributed by atoms with Crippen LogP contribution in [0.1, 0.15) is 16.8 Å². The summed E-state index contributed by atoms with van der Waals surface area (Å²) in [4.78, 5) is 10.3. The summed E-state index contributed by atoms with van der Waals surface area (Å²) >= 11 is 0. The third-order valence-corrected chi connectivity index (χ3v) is 1.62. The monoisotopic (exact) mass is 494 g/mol. The van der Waals surface area contributed by atoms with Gasteiger partial charge in [-0.25, -0.2) is 12.2 Å². The number of carbonyl (C=O) groups is 1. The van der Waals surface area contributed by atoms with Crippen LogP contribution < -0.4 is 24.8 Å². The summed E-state index contributed by atoms with van der Waals surface area (Å²) in [5.74, 6) is -0.629. The second-order valence-corrected chi connectivity index (χ2v) is 4.43. The molecule has 1 N–H and O–H groups in total. The van der Waals surface area contributed by atoms with E-state index in [1.54, 1.807) is 24.3 Å². The molecule has 2 rings (SSSR count). The maximum atomic E-state index is 10.3. The summed E-state index contributed by atoms with van der Waals surface area (Å²) in [5, 5.41) is 0. The second-order valence-electron chi connectivity index (χ2n) is 3.28. The van der Waals surface area contributed by atoms with Crippen LogP contribution in [0.15, 0.2) is 48.6 Å². The predicted molar refractivity (Wildman–Crippen MR) is 75.5 cm³/mol. The first kappa shape index (κ1) is 28.1. The van der Waals surface area contributed by atoms with E-state index < -0.39 is 5.91 Å². The first-order valence-corrected chi connectivity index (χ1v) is 7.80. The van der Waals surface area contributed by atoms with E-state index in [1.165, 1.54) is 0 Å². The van der Waals surface area contributed by atoms with Gasteiger partial charge in [0.25, 0.3) is 0 Å². The van der Waals surface area contributed by atoms with Crippen molar-refractivity contribution in [3.05, 3.63) is 65.9 Å². The number of nitrogens with one attached hydrogen (secondary N) is 1. The van der Waals surface area contributed by atoms with Gasteiger partial charge >= 0.3 is 25.8 Å². The molecule has 1 aromatic carbocycles. The number of hydrogen-bond acceptors (Lipinski definition) is 1. The molecule has 20 heavy (non-hydrogen) atoms. The normalized spacial score (nSPS) is 9.30. The molecule has 2 nitrogen and oxygen atoms in total. The Morgan fingerprint density at radius 2 is 1.70 bits per heavy atom. The molecule has 0 aliphatic heterocycles. The standard InChI is InChI=1S/C7H7NO.C5H5.C2H7Si.2ClH.Hf/c8-7(9)6-4-2-1-3-5-6;1-2-4-5-3-1;1-3-2;;;/h1-5H,(H2,8,9);1-3H,4H2;3H,1-2H3;2*1H;/q;-1;;;;+4/p-3. The number of halogens is 2. The summed E-state index contributed by atoms with van der Waals surface area (Å²) in [6, 6.07) is 8.53. The van der Waals surface area contributed by atoms with Gasteiger partial charge in [0.1, 0.15) is 0 Å². The molecule has 1 aromatic rings. The molecule has 1 amide bonds. The molecule has 1 radical (unpaired) electrons. The SMILES string of the molecule is C[SiH]C.[C-]1=CC=CC1.[Cl-].[Cl-].[Hf+4].[NH-]C(=O)c1ccccc1. The summed E-state index contributed by atoms with van der Waals surface area (Å²) in [5.41, 5.74) is 7.12. The molecule has 0 saturated heterocycles. The van der Waals surface area contributed by atoms with E-state index in [0.717, 1.165) is 15.9 Å². The van der Waals surface area contributed by atoms with Crippen molar-refractivity contribution in [1.29, 1.82) is 0 Å². The molecule has 0 atom stereocenters. The number of amides is 1. The average Bonchev–Trinajstić information content (AvgIpc) is 2.90. The Morgan fingerprint density at radius 3 is 1.90 bits per heavy atom. The molecule has 0 aromatic heterocycles. The summed E-state index contributed by atoms with van der Waals surface area (Å²) in [6.45, 7) is 4.42. The van der Waals surface area contributed by atoms with Gasteiger partial charge in [0.15, 0.2) is 0 Å². The third kappa shape index (κ3) is 17.8. The molecule has 0 unspecified atom stereocenters. The predicted octanol–water partition coefficient (Wildman–Crippen LogP) is -2.29. The topological polar surface area (TPSA) is 40.9 Å². The Bertz CT molecular complexity index is 363. The minimum Gasteiger partial charge on any atom is -1.00 e. The molecule has 0 saturated carbocycles. The van der Waals surface area contributed by atoms with Crippen molar-refractivity contribution < 1.29 is 55.5 Å². The number of benzene rings is 1. The van der Waals surface area contributed by atoms with Crippen LogP contribution >= 0.6 is 0 Å². The van der Waals surface area contributed by atoms with Gasteiger partial charge in [-0.05, 0) is 5.56 Å². The fourth-order valence-corrected chi connectivity index (χ4v) is 0.930. The van der Waals surface area contributed by atoms with Crippen LogP contribution in [-0.4, -0.2) is 15.4 Å². The van der Waals surface area contributed by atoms with Crippen LogP contribution in [-0.2, 0) is 25.8 Å². The van der Waals surface area contributed by atoms with Crippen molar-refractivity contribution >= 4 is 15.4 Å². The molecule has 107 valence electrons. The molecule has 0 bridgehead atoms. The zero-order chi connectivity index (χ0) is 12.9. The molecule has 6 heteroatoms.